The monoisotopic (exact) mass is 464 g/mol. The fourth-order valence-corrected chi connectivity index (χ4v) is 3.44. The normalized spacial score (nSPS) is 11.5. The van der Waals surface area contributed by atoms with Gasteiger partial charge in [-0.3, -0.25) is 0 Å². The SMILES string of the molecule is CCCCN(CCCC)c1ccc(/C(C)=C/C(=O)O)cc1NC(=O)N/N=C/c1ccc(C)cc1. The first-order valence-corrected chi connectivity index (χ1v) is 11.8. The van der Waals surface area contributed by atoms with Crippen LogP contribution in [0.5, 0.6) is 0 Å². The summed E-state index contributed by atoms with van der Waals surface area (Å²) in [6, 6.07) is 13.0. The number of amides is 2. The second kappa shape index (κ2) is 13.8. The molecule has 2 rings (SSSR count). The minimum absolute atomic E-state index is 0.465. The molecule has 0 bridgehead atoms. The quantitative estimate of drug-likeness (QED) is 0.203. The van der Waals surface area contributed by atoms with Crippen molar-refractivity contribution in [2.45, 2.75) is 53.4 Å². The summed E-state index contributed by atoms with van der Waals surface area (Å²) in [6.07, 6.45) is 6.96. The van der Waals surface area contributed by atoms with Crippen LogP contribution in [0.1, 0.15) is 63.1 Å². The molecule has 0 unspecified atom stereocenters. The number of nitrogens with zero attached hydrogens (tertiary/aromatic N) is 2. The van der Waals surface area contributed by atoms with Crippen LogP contribution in [0.2, 0.25) is 0 Å². The molecule has 0 saturated heterocycles. The van der Waals surface area contributed by atoms with Gasteiger partial charge in [-0.2, -0.15) is 5.10 Å². The largest absolute Gasteiger partial charge is 0.478 e. The zero-order chi connectivity index (χ0) is 24.9. The van der Waals surface area contributed by atoms with Crippen LogP contribution < -0.4 is 15.6 Å². The van der Waals surface area contributed by atoms with Gasteiger partial charge in [0.25, 0.3) is 0 Å². The van der Waals surface area contributed by atoms with E-state index in [-0.39, 0.29) is 0 Å². The molecule has 0 fully saturated rings. The fourth-order valence-electron chi connectivity index (χ4n) is 3.44. The Labute approximate surface area is 202 Å². The molecular weight excluding hydrogens is 428 g/mol. The molecule has 2 aromatic rings. The van der Waals surface area contributed by atoms with Crippen molar-refractivity contribution in [2.75, 3.05) is 23.3 Å². The Kier molecular flexibility index (Phi) is 10.8. The lowest BCUT2D eigenvalue weighted by Crippen LogP contribution is -2.29. The highest BCUT2D eigenvalue weighted by Gasteiger charge is 2.15. The molecule has 2 aromatic carbocycles. The van der Waals surface area contributed by atoms with E-state index in [1.54, 1.807) is 13.1 Å². The summed E-state index contributed by atoms with van der Waals surface area (Å²) in [5, 5.41) is 16.1. The number of benzene rings is 2. The number of hydrogen-bond acceptors (Lipinski definition) is 4. The Bertz CT molecular complexity index is 1010. The summed E-state index contributed by atoms with van der Waals surface area (Å²) in [7, 11) is 0. The zero-order valence-corrected chi connectivity index (χ0v) is 20.6. The van der Waals surface area contributed by atoms with Crippen LogP contribution in [0.4, 0.5) is 16.2 Å². The molecule has 3 N–H and O–H groups in total. The van der Waals surface area contributed by atoms with Crippen LogP contribution >= 0.6 is 0 Å². The van der Waals surface area contributed by atoms with Crippen LogP contribution in [-0.2, 0) is 4.79 Å². The molecule has 7 heteroatoms. The highest BCUT2D eigenvalue weighted by Crippen LogP contribution is 2.30. The van der Waals surface area contributed by atoms with Crippen LogP contribution in [-0.4, -0.2) is 36.4 Å². The number of hydrazone groups is 1. The van der Waals surface area contributed by atoms with Gasteiger partial charge in [-0.15, -0.1) is 0 Å². The third kappa shape index (κ3) is 8.73. The number of carbonyl (C=O) groups excluding carboxylic acids is 1. The Hall–Kier alpha value is -3.61. The molecule has 0 aliphatic rings. The van der Waals surface area contributed by atoms with Crippen molar-refractivity contribution in [3.05, 3.63) is 65.2 Å². The number of carboxylic acids is 1. The average molecular weight is 465 g/mol. The lowest BCUT2D eigenvalue weighted by atomic mass is 10.0. The van der Waals surface area contributed by atoms with Crippen LogP contribution in [0.3, 0.4) is 0 Å². The molecule has 7 nitrogen and oxygen atoms in total. The smallest absolute Gasteiger partial charge is 0.339 e. The second-order valence-corrected chi connectivity index (χ2v) is 8.33. The molecule has 0 radical (unpaired) electrons. The summed E-state index contributed by atoms with van der Waals surface area (Å²) in [5.41, 5.74) is 7.42. The number of hydrogen-bond donors (Lipinski definition) is 3. The maximum Gasteiger partial charge on any atom is 0.339 e. The molecule has 182 valence electrons. The van der Waals surface area contributed by atoms with Crippen LogP contribution in [0.15, 0.2) is 53.6 Å². The van der Waals surface area contributed by atoms with Crippen molar-refractivity contribution < 1.29 is 14.7 Å². The predicted octanol–water partition coefficient (Wildman–Crippen LogP) is 6.05. The Morgan fingerprint density at radius 1 is 1.03 bits per heavy atom. The molecule has 34 heavy (non-hydrogen) atoms. The van der Waals surface area contributed by atoms with E-state index < -0.39 is 12.0 Å². The molecule has 0 aliphatic carbocycles. The maximum absolute atomic E-state index is 12.7. The van der Waals surface area contributed by atoms with Crippen molar-refractivity contribution in [1.82, 2.24) is 5.43 Å². The second-order valence-electron chi connectivity index (χ2n) is 8.33. The Morgan fingerprint density at radius 2 is 1.68 bits per heavy atom. The van der Waals surface area contributed by atoms with Crippen molar-refractivity contribution in [3.8, 4) is 0 Å². The van der Waals surface area contributed by atoms with Crippen LogP contribution in [0, 0.1) is 6.92 Å². The van der Waals surface area contributed by atoms with Crippen molar-refractivity contribution in [3.63, 3.8) is 0 Å². The highest BCUT2D eigenvalue weighted by atomic mass is 16.4. The number of anilines is 2. The molecule has 0 heterocycles. The first kappa shape index (κ1) is 26.6. The summed E-state index contributed by atoms with van der Waals surface area (Å²) in [4.78, 5) is 26.1. The summed E-state index contributed by atoms with van der Waals surface area (Å²) >= 11 is 0. The summed E-state index contributed by atoms with van der Waals surface area (Å²) < 4.78 is 0. The lowest BCUT2D eigenvalue weighted by Gasteiger charge is -2.27. The number of carbonyl (C=O) groups is 2. The fraction of sp³-hybridized carbons (Fsp3) is 0.370. The molecule has 0 saturated carbocycles. The van der Waals surface area contributed by atoms with Gasteiger partial charge < -0.3 is 15.3 Å². The number of carboxylic acid groups (broad SMARTS) is 1. The third-order valence-electron chi connectivity index (χ3n) is 5.40. The molecule has 2 amide bonds. The van der Waals surface area contributed by atoms with Gasteiger partial charge in [0.2, 0.25) is 0 Å². The van der Waals surface area contributed by atoms with Gasteiger partial charge in [0.05, 0.1) is 17.6 Å². The van der Waals surface area contributed by atoms with E-state index in [0.717, 1.165) is 67.2 Å². The van der Waals surface area contributed by atoms with Gasteiger partial charge in [-0.1, -0.05) is 62.6 Å². The number of aryl methyl sites for hydroxylation is 1. The number of aliphatic carboxylic acids is 1. The van der Waals surface area contributed by atoms with Gasteiger partial charge >= 0.3 is 12.0 Å². The van der Waals surface area contributed by atoms with Crippen molar-refractivity contribution >= 4 is 35.2 Å². The average Bonchev–Trinajstić information content (AvgIpc) is 2.80. The molecule has 0 aromatic heterocycles. The number of rotatable bonds is 12. The lowest BCUT2D eigenvalue weighted by molar-refractivity contribution is -0.131. The molecule has 0 atom stereocenters. The van der Waals surface area contributed by atoms with Crippen molar-refractivity contribution in [1.29, 1.82) is 0 Å². The zero-order valence-electron chi connectivity index (χ0n) is 20.6. The number of unbranched alkanes of at least 4 members (excludes halogenated alkanes) is 2. The van der Waals surface area contributed by atoms with E-state index in [1.165, 1.54) is 0 Å². The third-order valence-corrected chi connectivity index (χ3v) is 5.40. The van der Waals surface area contributed by atoms with E-state index in [2.05, 4.69) is 34.6 Å². The Morgan fingerprint density at radius 3 is 2.26 bits per heavy atom. The number of nitrogens with one attached hydrogen (secondary N) is 2. The van der Waals surface area contributed by atoms with E-state index in [1.807, 2.05) is 49.4 Å². The summed E-state index contributed by atoms with van der Waals surface area (Å²) in [6.45, 7) is 9.81. The highest BCUT2D eigenvalue weighted by molar-refractivity contribution is 5.96. The topological polar surface area (TPSA) is 94.0 Å². The van der Waals surface area contributed by atoms with Gasteiger partial charge in [0.1, 0.15) is 0 Å². The minimum atomic E-state index is -1.01. The maximum atomic E-state index is 12.7. The number of allylic oxidation sites excluding steroid dienone is 1. The van der Waals surface area contributed by atoms with Gasteiger partial charge in [-0.25, -0.2) is 15.0 Å². The first-order chi connectivity index (χ1) is 16.3. The minimum Gasteiger partial charge on any atom is -0.478 e. The molecule has 0 aliphatic heterocycles. The Balaban J connectivity index is 2.28. The first-order valence-electron chi connectivity index (χ1n) is 11.8. The van der Waals surface area contributed by atoms with Gasteiger partial charge in [-0.05, 0) is 55.5 Å². The summed E-state index contributed by atoms with van der Waals surface area (Å²) in [5.74, 6) is -1.01. The predicted molar refractivity (Wildman–Crippen MR) is 141 cm³/mol. The van der Waals surface area contributed by atoms with Crippen LogP contribution in [0.25, 0.3) is 5.57 Å². The van der Waals surface area contributed by atoms with E-state index in [0.29, 0.717) is 11.3 Å². The standard InChI is InChI=1S/C27H36N4O3/c1-5-7-15-31(16-8-6-2)25-14-13-23(21(4)17-26(32)33)18-24(25)29-27(34)30-28-19-22-11-9-20(3)10-12-22/h9-14,17-19H,5-8,15-16H2,1-4H3,(H,32,33)(H2,29,30,34)/b21-17+,28-19+. The van der Waals surface area contributed by atoms with Crippen molar-refractivity contribution in [2.24, 2.45) is 5.10 Å². The van der Waals surface area contributed by atoms with Gasteiger partial charge in [0, 0.05) is 19.2 Å². The van der Waals surface area contributed by atoms with E-state index in [4.69, 9.17) is 5.11 Å². The van der Waals surface area contributed by atoms with E-state index in [9.17, 15) is 9.59 Å². The number of urea groups is 1. The van der Waals surface area contributed by atoms with Gasteiger partial charge in [0.15, 0.2) is 0 Å². The molecular formula is C27H36N4O3. The van der Waals surface area contributed by atoms with E-state index >= 15 is 0 Å². The molecule has 0 spiro atoms.